The Hall–Kier alpha value is -2.43. The quantitative estimate of drug-likeness (QED) is 0.703. The fourth-order valence-electron chi connectivity index (χ4n) is 1.45. The molecule has 1 N–H and O–H groups in total. The Morgan fingerprint density at radius 1 is 1.12 bits per heavy atom. The van der Waals surface area contributed by atoms with Crippen molar-refractivity contribution in [2.75, 3.05) is 5.32 Å². The molecule has 0 amide bonds. The smallest absolute Gasteiger partial charge is 0.247 e. The van der Waals surface area contributed by atoms with Crippen molar-refractivity contribution in [1.29, 1.82) is 0 Å². The van der Waals surface area contributed by atoms with Gasteiger partial charge in [0, 0.05) is 12.4 Å². The van der Waals surface area contributed by atoms with Crippen molar-refractivity contribution in [2.24, 2.45) is 0 Å². The second kappa shape index (κ2) is 3.62. The van der Waals surface area contributed by atoms with Gasteiger partial charge in [0.2, 0.25) is 5.95 Å². The summed E-state index contributed by atoms with van der Waals surface area (Å²) in [6.45, 7) is 0. The van der Waals surface area contributed by atoms with E-state index in [2.05, 4.69) is 20.4 Å². The average molecular weight is 211 g/mol. The van der Waals surface area contributed by atoms with Crippen molar-refractivity contribution in [1.82, 2.24) is 19.6 Å². The summed E-state index contributed by atoms with van der Waals surface area (Å²) in [6, 6.07) is 9.52. The van der Waals surface area contributed by atoms with E-state index in [-0.39, 0.29) is 0 Å². The van der Waals surface area contributed by atoms with Gasteiger partial charge >= 0.3 is 0 Å². The zero-order valence-corrected chi connectivity index (χ0v) is 8.41. The second-order valence-electron chi connectivity index (χ2n) is 3.31. The highest BCUT2D eigenvalue weighted by Crippen LogP contribution is 2.11. The van der Waals surface area contributed by atoms with Crippen molar-refractivity contribution in [3.63, 3.8) is 0 Å². The lowest BCUT2D eigenvalue weighted by Gasteiger charge is -1.98. The maximum Gasteiger partial charge on any atom is 0.247 e. The summed E-state index contributed by atoms with van der Waals surface area (Å²) in [7, 11) is 0. The molecule has 16 heavy (non-hydrogen) atoms. The van der Waals surface area contributed by atoms with Gasteiger partial charge in [-0.25, -0.2) is 4.52 Å². The Balaban J connectivity index is 1.95. The normalized spacial score (nSPS) is 10.5. The lowest BCUT2D eigenvalue weighted by molar-refractivity contribution is 0.965. The second-order valence-corrected chi connectivity index (χ2v) is 3.31. The van der Waals surface area contributed by atoms with Gasteiger partial charge in [0.1, 0.15) is 0 Å². The topological polar surface area (TPSA) is 55.1 Å². The van der Waals surface area contributed by atoms with Gasteiger partial charge in [0.15, 0.2) is 5.65 Å². The van der Waals surface area contributed by atoms with Crippen LogP contribution in [0.3, 0.4) is 0 Å². The van der Waals surface area contributed by atoms with Crippen molar-refractivity contribution >= 4 is 17.3 Å². The maximum absolute atomic E-state index is 4.32. The molecule has 0 unspecified atom stereocenters. The molecule has 0 atom stereocenters. The third-order valence-corrected chi connectivity index (χ3v) is 2.16. The first-order chi connectivity index (χ1) is 7.92. The van der Waals surface area contributed by atoms with Gasteiger partial charge in [0.25, 0.3) is 0 Å². The van der Waals surface area contributed by atoms with E-state index >= 15 is 0 Å². The van der Waals surface area contributed by atoms with Crippen LogP contribution in [0.4, 0.5) is 11.6 Å². The van der Waals surface area contributed by atoms with E-state index in [1.54, 1.807) is 16.9 Å². The van der Waals surface area contributed by atoms with Crippen LogP contribution in [-0.2, 0) is 0 Å². The van der Waals surface area contributed by atoms with Gasteiger partial charge in [-0.15, -0.1) is 5.10 Å². The molecule has 3 heterocycles. The van der Waals surface area contributed by atoms with Crippen LogP contribution >= 0.6 is 0 Å². The minimum absolute atomic E-state index is 0.569. The van der Waals surface area contributed by atoms with Crippen LogP contribution in [0.15, 0.2) is 48.9 Å². The van der Waals surface area contributed by atoms with E-state index in [9.17, 15) is 0 Å². The van der Waals surface area contributed by atoms with Gasteiger partial charge in [-0.05, 0) is 24.3 Å². The molecule has 0 aliphatic carbocycles. The first-order valence-corrected chi connectivity index (χ1v) is 4.90. The van der Waals surface area contributed by atoms with Crippen LogP contribution in [0.1, 0.15) is 0 Å². The Kier molecular flexibility index (Phi) is 2.00. The van der Waals surface area contributed by atoms with Crippen molar-refractivity contribution in [2.45, 2.75) is 0 Å². The Morgan fingerprint density at radius 2 is 2.12 bits per heavy atom. The molecule has 0 aliphatic heterocycles. The number of nitrogens with one attached hydrogen (secondary N) is 1. The lowest BCUT2D eigenvalue weighted by Crippen LogP contribution is -1.93. The predicted octanol–water partition coefficient (Wildman–Crippen LogP) is 1.87. The molecule has 0 aromatic carbocycles. The summed E-state index contributed by atoms with van der Waals surface area (Å²) >= 11 is 0. The van der Waals surface area contributed by atoms with Crippen LogP contribution < -0.4 is 5.32 Å². The van der Waals surface area contributed by atoms with Crippen LogP contribution in [0.5, 0.6) is 0 Å². The highest BCUT2D eigenvalue weighted by molar-refractivity contribution is 5.54. The average Bonchev–Trinajstić information content (AvgIpc) is 2.72. The first-order valence-electron chi connectivity index (χ1n) is 4.90. The summed E-state index contributed by atoms with van der Waals surface area (Å²) in [6.07, 6.45) is 5.31. The number of anilines is 2. The van der Waals surface area contributed by atoms with Gasteiger partial charge < -0.3 is 5.32 Å². The minimum atomic E-state index is 0.569. The van der Waals surface area contributed by atoms with Crippen molar-refractivity contribution < 1.29 is 0 Å². The van der Waals surface area contributed by atoms with E-state index in [0.29, 0.717) is 5.95 Å². The molecule has 0 aliphatic rings. The molecule has 78 valence electrons. The van der Waals surface area contributed by atoms with Gasteiger partial charge in [-0.3, -0.25) is 4.98 Å². The number of pyridine rings is 2. The molecule has 0 fully saturated rings. The Morgan fingerprint density at radius 3 is 2.94 bits per heavy atom. The fraction of sp³-hybridized carbons (Fsp3) is 0. The van der Waals surface area contributed by atoms with E-state index in [4.69, 9.17) is 0 Å². The summed E-state index contributed by atoms with van der Waals surface area (Å²) < 4.78 is 1.72. The Bertz CT molecular complexity index is 569. The molecule has 3 aromatic heterocycles. The molecule has 5 heteroatoms. The summed E-state index contributed by atoms with van der Waals surface area (Å²) in [5, 5.41) is 7.36. The molecule has 0 radical (unpaired) electrons. The molecular weight excluding hydrogens is 202 g/mol. The number of fused-ring (bicyclic) bond motifs is 1. The van der Waals surface area contributed by atoms with E-state index in [0.717, 1.165) is 11.3 Å². The molecule has 5 nitrogen and oxygen atoms in total. The molecule has 0 saturated heterocycles. The van der Waals surface area contributed by atoms with Gasteiger partial charge in [-0.1, -0.05) is 6.07 Å². The van der Waals surface area contributed by atoms with E-state index in [1.807, 2.05) is 36.5 Å². The highest BCUT2D eigenvalue weighted by Gasteiger charge is 2.01. The van der Waals surface area contributed by atoms with Gasteiger partial charge in [-0.2, -0.15) is 4.98 Å². The molecule has 0 saturated carbocycles. The standard InChI is InChI=1S/C11H9N5/c1-2-7-16-10(5-1)14-11(15-16)13-9-4-3-6-12-8-9/h1-8H,(H,13,15). The van der Waals surface area contributed by atoms with E-state index < -0.39 is 0 Å². The lowest BCUT2D eigenvalue weighted by atomic mass is 10.4. The maximum atomic E-state index is 4.32. The summed E-state index contributed by atoms with van der Waals surface area (Å²) in [5.74, 6) is 0.569. The minimum Gasteiger partial charge on any atom is -0.321 e. The largest absolute Gasteiger partial charge is 0.321 e. The zero-order valence-electron chi connectivity index (χ0n) is 8.41. The monoisotopic (exact) mass is 211 g/mol. The number of nitrogens with zero attached hydrogens (tertiary/aromatic N) is 4. The van der Waals surface area contributed by atoms with Crippen LogP contribution in [0, 0.1) is 0 Å². The third-order valence-electron chi connectivity index (χ3n) is 2.16. The van der Waals surface area contributed by atoms with Crippen LogP contribution in [0.2, 0.25) is 0 Å². The highest BCUT2D eigenvalue weighted by atomic mass is 15.3. The fourth-order valence-corrected chi connectivity index (χ4v) is 1.45. The molecule has 0 bridgehead atoms. The first kappa shape index (κ1) is 8.84. The van der Waals surface area contributed by atoms with Crippen LogP contribution in [-0.4, -0.2) is 19.6 Å². The molecule has 0 spiro atoms. The number of rotatable bonds is 2. The predicted molar refractivity (Wildman–Crippen MR) is 60.5 cm³/mol. The zero-order chi connectivity index (χ0) is 10.8. The SMILES string of the molecule is c1cncc(Nc2nc3ccccn3n2)c1. The van der Waals surface area contributed by atoms with Crippen molar-refractivity contribution in [3.8, 4) is 0 Å². The van der Waals surface area contributed by atoms with Crippen LogP contribution in [0.25, 0.3) is 5.65 Å². The number of hydrogen-bond acceptors (Lipinski definition) is 4. The Labute approximate surface area is 91.8 Å². The number of hydrogen-bond donors (Lipinski definition) is 1. The van der Waals surface area contributed by atoms with E-state index in [1.165, 1.54) is 0 Å². The van der Waals surface area contributed by atoms with Gasteiger partial charge in [0.05, 0.1) is 11.9 Å². The molecule has 3 rings (SSSR count). The third kappa shape index (κ3) is 1.58. The van der Waals surface area contributed by atoms with Crippen molar-refractivity contribution in [3.05, 3.63) is 48.9 Å². The summed E-state index contributed by atoms with van der Waals surface area (Å²) in [5.41, 5.74) is 1.69. The number of aromatic nitrogens is 4. The molecule has 3 aromatic rings. The summed E-state index contributed by atoms with van der Waals surface area (Å²) in [4.78, 5) is 8.33. The molecular formula is C11H9N5.